The van der Waals surface area contributed by atoms with Crippen LogP contribution in [0.25, 0.3) is 21.7 Å². The lowest BCUT2D eigenvalue weighted by Gasteiger charge is -2.03. The van der Waals surface area contributed by atoms with Gasteiger partial charge < -0.3 is 5.11 Å². The number of carboxylic acids is 1. The highest BCUT2D eigenvalue weighted by Gasteiger charge is 2.17. The van der Waals surface area contributed by atoms with Gasteiger partial charge in [-0.15, -0.1) is 0 Å². The third-order valence-corrected chi connectivity index (χ3v) is 3.31. The van der Waals surface area contributed by atoms with Crippen molar-refractivity contribution < 1.29 is 9.90 Å². The van der Waals surface area contributed by atoms with Crippen molar-refractivity contribution in [2.45, 2.75) is 0 Å². The van der Waals surface area contributed by atoms with E-state index in [4.69, 9.17) is 16.7 Å². The number of aromatic carboxylic acids is 1. The van der Waals surface area contributed by atoms with Crippen LogP contribution in [0.4, 0.5) is 0 Å². The molecule has 90 valence electrons. The van der Waals surface area contributed by atoms with Crippen LogP contribution in [0.15, 0.2) is 30.3 Å². The zero-order valence-electron chi connectivity index (χ0n) is 9.51. The van der Waals surface area contributed by atoms with E-state index in [1.165, 1.54) is 0 Å². The number of carbonyl (C=O) groups is 1. The number of aromatic nitrogens is 2. The van der Waals surface area contributed by atoms with Gasteiger partial charge in [0, 0.05) is 17.8 Å². The normalized spacial score (nSPS) is 11.2. The lowest BCUT2D eigenvalue weighted by molar-refractivity contribution is 0.0691. The van der Waals surface area contributed by atoms with Crippen LogP contribution in [0.3, 0.4) is 0 Å². The summed E-state index contributed by atoms with van der Waals surface area (Å²) < 4.78 is 1.56. The third kappa shape index (κ3) is 1.39. The monoisotopic (exact) mass is 260 g/mol. The molecule has 0 atom stereocenters. The summed E-state index contributed by atoms with van der Waals surface area (Å²) in [5, 5.41) is 16.2. The zero-order valence-corrected chi connectivity index (χ0v) is 10.3. The average molecular weight is 261 g/mol. The smallest absolute Gasteiger partial charge is 0.357 e. The van der Waals surface area contributed by atoms with Gasteiger partial charge in [0.25, 0.3) is 0 Å². The highest BCUT2D eigenvalue weighted by Crippen LogP contribution is 2.32. The van der Waals surface area contributed by atoms with E-state index in [-0.39, 0.29) is 5.69 Å². The van der Waals surface area contributed by atoms with Crippen molar-refractivity contribution in [3.8, 4) is 0 Å². The average Bonchev–Trinajstić information content (AvgIpc) is 2.67. The molecule has 3 rings (SSSR count). The Kier molecular flexibility index (Phi) is 2.28. The van der Waals surface area contributed by atoms with Crippen LogP contribution in [0, 0.1) is 0 Å². The van der Waals surface area contributed by atoms with E-state index < -0.39 is 5.97 Å². The molecule has 0 spiro atoms. The highest BCUT2D eigenvalue weighted by molar-refractivity contribution is 6.37. The summed E-state index contributed by atoms with van der Waals surface area (Å²) >= 11 is 6.21. The Bertz CT molecular complexity index is 792. The largest absolute Gasteiger partial charge is 0.476 e. The number of hydrogen-bond donors (Lipinski definition) is 1. The molecule has 3 aromatic rings. The summed E-state index contributed by atoms with van der Waals surface area (Å²) in [5.41, 5.74) is 0.796. The second-order valence-corrected chi connectivity index (χ2v) is 4.48. The van der Waals surface area contributed by atoms with Gasteiger partial charge in [-0.3, -0.25) is 4.68 Å². The van der Waals surface area contributed by atoms with E-state index in [1.807, 2.05) is 18.2 Å². The first kappa shape index (κ1) is 11.0. The van der Waals surface area contributed by atoms with Crippen LogP contribution in [0.2, 0.25) is 5.02 Å². The first-order valence-electron chi connectivity index (χ1n) is 5.37. The molecule has 1 aromatic heterocycles. The number of benzene rings is 2. The van der Waals surface area contributed by atoms with Crippen molar-refractivity contribution in [1.29, 1.82) is 0 Å². The predicted molar refractivity (Wildman–Crippen MR) is 70.2 cm³/mol. The molecule has 0 aliphatic heterocycles. The fourth-order valence-electron chi connectivity index (χ4n) is 2.26. The molecular formula is C13H9ClN2O2. The van der Waals surface area contributed by atoms with Crippen molar-refractivity contribution in [3.05, 3.63) is 41.0 Å². The van der Waals surface area contributed by atoms with Crippen LogP contribution >= 0.6 is 11.6 Å². The van der Waals surface area contributed by atoms with Gasteiger partial charge >= 0.3 is 5.97 Å². The maximum atomic E-state index is 11.1. The second kappa shape index (κ2) is 3.71. The summed E-state index contributed by atoms with van der Waals surface area (Å²) in [7, 11) is 1.72. The van der Waals surface area contributed by atoms with Crippen molar-refractivity contribution in [2.24, 2.45) is 7.05 Å². The van der Waals surface area contributed by atoms with Crippen molar-refractivity contribution in [2.75, 3.05) is 0 Å². The van der Waals surface area contributed by atoms with Gasteiger partial charge in [0.1, 0.15) is 0 Å². The zero-order chi connectivity index (χ0) is 12.9. The first-order chi connectivity index (χ1) is 8.59. The molecular weight excluding hydrogens is 252 g/mol. The van der Waals surface area contributed by atoms with Crippen LogP contribution in [-0.4, -0.2) is 20.9 Å². The van der Waals surface area contributed by atoms with E-state index in [0.29, 0.717) is 10.4 Å². The van der Waals surface area contributed by atoms with Crippen LogP contribution in [0.5, 0.6) is 0 Å². The van der Waals surface area contributed by atoms with Gasteiger partial charge in [-0.2, -0.15) is 5.10 Å². The number of rotatable bonds is 1. The Balaban J connectivity index is 2.59. The topological polar surface area (TPSA) is 55.1 Å². The molecule has 5 heteroatoms. The standard InChI is InChI=1S/C13H9ClN2O2/c1-16-12-8(11(15-16)13(17)18)6-5-7-3-2-4-9(14)10(7)12/h2-6H,1H3,(H,17,18). The summed E-state index contributed by atoms with van der Waals surface area (Å²) in [6, 6.07) is 9.22. The molecule has 18 heavy (non-hydrogen) atoms. The van der Waals surface area contributed by atoms with Crippen molar-refractivity contribution in [1.82, 2.24) is 9.78 Å². The minimum Gasteiger partial charge on any atom is -0.476 e. The summed E-state index contributed by atoms with van der Waals surface area (Å²) in [5.74, 6) is -1.04. The number of halogens is 1. The second-order valence-electron chi connectivity index (χ2n) is 4.08. The Hall–Kier alpha value is -2.07. The molecule has 0 saturated heterocycles. The lowest BCUT2D eigenvalue weighted by Crippen LogP contribution is -1.99. The molecule has 0 fully saturated rings. The minimum atomic E-state index is -1.04. The Morgan fingerprint density at radius 3 is 2.83 bits per heavy atom. The molecule has 0 unspecified atom stereocenters. The lowest BCUT2D eigenvalue weighted by atomic mass is 10.1. The van der Waals surface area contributed by atoms with Crippen LogP contribution < -0.4 is 0 Å². The molecule has 0 bridgehead atoms. The van der Waals surface area contributed by atoms with Crippen LogP contribution in [0.1, 0.15) is 10.5 Å². The van der Waals surface area contributed by atoms with Gasteiger partial charge in [-0.05, 0) is 17.5 Å². The molecule has 0 saturated carbocycles. The van der Waals surface area contributed by atoms with Gasteiger partial charge in [0.05, 0.1) is 10.5 Å². The Morgan fingerprint density at radius 1 is 1.33 bits per heavy atom. The predicted octanol–water partition coefficient (Wildman–Crippen LogP) is 3.08. The van der Waals surface area contributed by atoms with E-state index in [2.05, 4.69) is 5.10 Å². The van der Waals surface area contributed by atoms with Crippen LogP contribution in [-0.2, 0) is 7.05 Å². The van der Waals surface area contributed by atoms with E-state index in [1.54, 1.807) is 23.9 Å². The van der Waals surface area contributed by atoms with Crippen molar-refractivity contribution in [3.63, 3.8) is 0 Å². The van der Waals surface area contributed by atoms with E-state index in [0.717, 1.165) is 16.3 Å². The minimum absolute atomic E-state index is 0.0503. The highest BCUT2D eigenvalue weighted by atomic mass is 35.5. The number of fused-ring (bicyclic) bond motifs is 3. The summed E-state index contributed by atoms with van der Waals surface area (Å²) in [6.45, 7) is 0. The fraction of sp³-hybridized carbons (Fsp3) is 0.0769. The van der Waals surface area contributed by atoms with Gasteiger partial charge in [-0.1, -0.05) is 29.8 Å². The fourth-order valence-corrected chi connectivity index (χ4v) is 2.53. The maximum absolute atomic E-state index is 11.1. The Morgan fingerprint density at radius 2 is 2.11 bits per heavy atom. The SMILES string of the molecule is Cn1nc(C(=O)O)c2ccc3cccc(Cl)c3c21. The molecule has 0 aliphatic rings. The van der Waals surface area contributed by atoms with E-state index >= 15 is 0 Å². The molecule has 0 amide bonds. The maximum Gasteiger partial charge on any atom is 0.357 e. The number of carboxylic acid groups (broad SMARTS) is 1. The first-order valence-corrected chi connectivity index (χ1v) is 5.74. The summed E-state index contributed by atoms with van der Waals surface area (Å²) in [4.78, 5) is 11.1. The molecule has 4 nitrogen and oxygen atoms in total. The van der Waals surface area contributed by atoms with Crippen molar-refractivity contribution >= 4 is 39.2 Å². The Labute approximate surface area is 107 Å². The molecule has 1 heterocycles. The number of hydrogen-bond acceptors (Lipinski definition) is 2. The molecule has 1 N–H and O–H groups in total. The van der Waals surface area contributed by atoms with Gasteiger partial charge in [-0.25, -0.2) is 4.79 Å². The molecule has 2 aromatic carbocycles. The quantitative estimate of drug-likeness (QED) is 0.731. The van der Waals surface area contributed by atoms with E-state index in [9.17, 15) is 4.79 Å². The van der Waals surface area contributed by atoms with Gasteiger partial charge in [0.2, 0.25) is 0 Å². The summed E-state index contributed by atoms with van der Waals surface area (Å²) in [6.07, 6.45) is 0. The number of aryl methyl sites for hydroxylation is 1. The van der Waals surface area contributed by atoms with Gasteiger partial charge in [0.15, 0.2) is 5.69 Å². The number of nitrogens with zero attached hydrogens (tertiary/aromatic N) is 2. The molecule has 0 radical (unpaired) electrons. The third-order valence-electron chi connectivity index (χ3n) is 3.00. The molecule has 0 aliphatic carbocycles.